The molecule has 0 aromatic rings. The van der Waals surface area contributed by atoms with E-state index in [1.54, 1.807) is 11.9 Å². The van der Waals surface area contributed by atoms with Gasteiger partial charge in [-0.05, 0) is 20.3 Å². The molecule has 15 heavy (non-hydrogen) atoms. The SMILES string of the molecule is COC(=O)CCCN(C)C(=O)NC(C)C. The standard InChI is InChI=1S/C10H20N2O3/c1-8(2)11-10(14)12(3)7-5-6-9(13)15-4/h8H,5-7H2,1-4H3,(H,11,14). The van der Waals surface area contributed by atoms with Crippen molar-refractivity contribution in [2.24, 2.45) is 0 Å². The van der Waals surface area contributed by atoms with E-state index < -0.39 is 0 Å². The number of amides is 2. The van der Waals surface area contributed by atoms with Crippen molar-refractivity contribution in [2.75, 3.05) is 20.7 Å². The van der Waals surface area contributed by atoms with Crippen LogP contribution in [0.2, 0.25) is 0 Å². The second-order valence-electron chi connectivity index (χ2n) is 3.71. The Morgan fingerprint density at radius 1 is 1.40 bits per heavy atom. The van der Waals surface area contributed by atoms with Gasteiger partial charge in [-0.1, -0.05) is 0 Å². The first kappa shape index (κ1) is 13.7. The molecule has 0 saturated heterocycles. The Morgan fingerprint density at radius 2 is 2.00 bits per heavy atom. The molecule has 0 bridgehead atoms. The molecule has 0 radical (unpaired) electrons. The molecule has 0 atom stereocenters. The highest BCUT2D eigenvalue weighted by Gasteiger charge is 2.09. The topological polar surface area (TPSA) is 58.6 Å². The number of nitrogens with one attached hydrogen (secondary N) is 1. The summed E-state index contributed by atoms with van der Waals surface area (Å²) in [6.07, 6.45) is 0.963. The van der Waals surface area contributed by atoms with E-state index in [-0.39, 0.29) is 18.0 Å². The van der Waals surface area contributed by atoms with Crippen LogP contribution in [0.4, 0.5) is 4.79 Å². The summed E-state index contributed by atoms with van der Waals surface area (Å²) in [7, 11) is 3.06. The zero-order chi connectivity index (χ0) is 11.8. The first-order chi connectivity index (χ1) is 6.97. The number of urea groups is 1. The zero-order valence-corrected chi connectivity index (χ0v) is 9.87. The minimum Gasteiger partial charge on any atom is -0.469 e. The van der Waals surface area contributed by atoms with Crippen LogP contribution < -0.4 is 5.32 Å². The zero-order valence-electron chi connectivity index (χ0n) is 9.87. The molecule has 0 aromatic heterocycles. The summed E-state index contributed by atoms with van der Waals surface area (Å²) in [4.78, 5) is 23.8. The summed E-state index contributed by atoms with van der Waals surface area (Å²) < 4.78 is 4.50. The predicted octanol–water partition coefficient (Wildman–Crippen LogP) is 0.989. The van der Waals surface area contributed by atoms with Crippen LogP contribution >= 0.6 is 0 Å². The van der Waals surface area contributed by atoms with Crippen LogP contribution in [0.1, 0.15) is 26.7 Å². The maximum absolute atomic E-state index is 11.4. The number of nitrogens with zero attached hydrogens (tertiary/aromatic N) is 1. The highest BCUT2D eigenvalue weighted by molar-refractivity contribution is 5.74. The Hall–Kier alpha value is -1.26. The lowest BCUT2D eigenvalue weighted by Gasteiger charge is -2.19. The molecule has 0 rings (SSSR count). The molecule has 0 saturated carbocycles. The fourth-order valence-electron chi connectivity index (χ4n) is 1.02. The molecule has 1 N–H and O–H groups in total. The first-order valence-corrected chi connectivity index (χ1v) is 5.05. The monoisotopic (exact) mass is 216 g/mol. The number of methoxy groups -OCH3 is 1. The molecular weight excluding hydrogens is 196 g/mol. The molecule has 5 nitrogen and oxygen atoms in total. The van der Waals surface area contributed by atoms with Gasteiger partial charge in [0.25, 0.3) is 0 Å². The summed E-state index contributed by atoms with van der Waals surface area (Å²) in [6, 6.07) is 0.00965. The number of hydrogen-bond acceptors (Lipinski definition) is 3. The van der Waals surface area contributed by atoms with Gasteiger partial charge in [-0.2, -0.15) is 0 Å². The van der Waals surface area contributed by atoms with Crippen molar-refractivity contribution in [1.82, 2.24) is 10.2 Å². The van der Waals surface area contributed by atoms with Gasteiger partial charge >= 0.3 is 12.0 Å². The predicted molar refractivity (Wildman–Crippen MR) is 57.5 cm³/mol. The maximum atomic E-state index is 11.4. The number of carbonyl (C=O) groups is 2. The van der Waals surface area contributed by atoms with Crippen LogP contribution in [0.3, 0.4) is 0 Å². The lowest BCUT2D eigenvalue weighted by Crippen LogP contribution is -2.41. The van der Waals surface area contributed by atoms with E-state index in [1.165, 1.54) is 7.11 Å². The molecule has 0 unspecified atom stereocenters. The van der Waals surface area contributed by atoms with Crippen LogP contribution in [-0.2, 0) is 9.53 Å². The van der Waals surface area contributed by atoms with E-state index in [0.717, 1.165) is 0 Å². The van der Waals surface area contributed by atoms with Crippen LogP contribution in [0.25, 0.3) is 0 Å². The highest BCUT2D eigenvalue weighted by Crippen LogP contribution is 1.95. The molecule has 0 aliphatic heterocycles. The van der Waals surface area contributed by atoms with Crippen molar-refractivity contribution in [3.63, 3.8) is 0 Å². The van der Waals surface area contributed by atoms with E-state index in [1.807, 2.05) is 13.8 Å². The fraction of sp³-hybridized carbons (Fsp3) is 0.800. The molecule has 0 heterocycles. The van der Waals surface area contributed by atoms with Crippen molar-refractivity contribution in [3.8, 4) is 0 Å². The van der Waals surface area contributed by atoms with Gasteiger partial charge in [0.2, 0.25) is 0 Å². The number of carbonyl (C=O) groups excluding carboxylic acids is 2. The Morgan fingerprint density at radius 3 is 2.47 bits per heavy atom. The van der Waals surface area contributed by atoms with Gasteiger partial charge in [0.15, 0.2) is 0 Å². The Bertz CT molecular complexity index is 217. The summed E-state index contributed by atoms with van der Waals surface area (Å²) in [5, 5.41) is 2.77. The lowest BCUT2D eigenvalue weighted by atomic mass is 10.3. The smallest absolute Gasteiger partial charge is 0.317 e. The fourth-order valence-corrected chi connectivity index (χ4v) is 1.02. The van der Waals surface area contributed by atoms with E-state index in [0.29, 0.717) is 19.4 Å². The third-order valence-corrected chi connectivity index (χ3v) is 1.86. The highest BCUT2D eigenvalue weighted by atomic mass is 16.5. The number of rotatable bonds is 5. The van der Waals surface area contributed by atoms with E-state index in [9.17, 15) is 9.59 Å². The van der Waals surface area contributed by atoms with E-state index in [4.69, 9.17) is 0 Å². The minimum atomic E-state index is -0.243. The second-order valence-corrected chi connectivity index (χ2v) is 3.71. The van der Waals surface area contributed by atoms with Crippen molar-refractivity contribution in [2.45, 2.75) is 32.7 Å². The third-order valence-electron chi connectivity index (χ3n) is 1.86. The van der Waals surface area contributed by atoms with Crippen molar-refractivity contribution >= 4 is 12.0 Å². The second kappa shape index (κ2) is 7.09. The normalized spacial score (nSPS) is 9.93. The Labute approximate surface area is 90.8 Å². The van der Waals surface area contributed by atoms with E-state index >= 15 is 0 Å². The van der Waals surface area contributed by atoms with Crippen molar-refractivity contribution in [3.05, 3.63) is 0 Å². The van der Waals surface area contributed by atoms with Crippen LogP contribution in [0, 0.1) is 0 Å². The summed E-state index contributed by atoms with van der Waals surface area (Å²) >= 11 is 0. The van der Waals surface area contributed by atoms with Gasteiger partial charge in [-0.3, -0.25) is 4.79 Å². The molecule has 0 aliphatic rings. The quantitative estimate of drug-likeness (QED) is 0.697. The number of hydrogen-bond donors (Lipinski definition) is 1. The molecule has 0 aromatic carbocycles. The first-order valence-electron chi connectivity index (χ1n) is 5.05. The molecule has 0 aliphatic carbocycles. The summed E-state index contributed by atoms with van der Waals surface area (Å²) in [5.74, 6) is -0.243. The average molecular weight is 216 g/mol. The number of esters is 1. The average Bonchev–Trinajstić information content (AvgIpc) is 2.16. The lowest BCUT2D eigenvalue weighted by molar-refractivity contribution is -0.140. The van der Waals surface area contributed by atoms with E-state index in [2.05, 4.69) is 10.1 Å². The minimum absolute atomic E-state index is 0.116. The van der Waals surface area contributed by atoms with Gasteiger partial charge in [0.05, 0.1) is 7.11 Å². The van der Waals surface area contributed by atoms with Crippen LogP contribution in [0.15, 0.2) is 0 Å². The third kappa shape index (κ3) is 6.76. The Balaban J connectivity index is 3.69. The van der Waals surface area contributed by atoms with Crippen LogP contribution in [-0.4, -0.2) is 43.6 Å². The van der Waals surface area contributed by atoms with Crippen molar-refractivity contribution in [1.29, 1.82) is 0 Å². The number of ether oxygens (including phenoxy) is 1. The molecule has 0 fully saturated rings. The maximum Gasteiger partial charge on any atom is 0.317 e. The van der Waals surface area contributed by atoms with Gasteiger partial charge in [0.1, 0.15) is 0 Å². The van der Waals surface area contributed by atoms with Crippen LogP contribution in [0.5, 0.6) is 0 Å². The van der Waals surface area contributed by atoms with Gasteiger partial charge in [-0.15, -0.1) is 0 Å². The molecule has 5 heteroatoms. The molecule has 88 valence electrons. The van der Waals surface area contributed by atoms with Gasteiger partial charge < -0.3 is 15.0 Å². The van der Waals surface area contributed by atoms with Gasteiger partial charge in [-0.25, -0.2) is 4.79 Å². The van der Waals surface area contributed by atoms with Crippen molar-refractivity contribution < 1.29 is 14.3 Å². The molecule has 2 amide bonds. The largest absolute Gasteiger partial charge is 0.469 e. The molecule has 0 spiro atoms. The molecular formula is C10H20N2O3. The Kier molecular flexibility index (Phi) is 6.49. The summed E-state index contributed by atoms with van der Waals surface area (Å²) in [6.45, 7) is 4.36. The van der Waals surface area contributed by atoms with Gasteiger partial charge in [0, 0.05) is 26.1 Å². The summed E-state index contributed by atoms with van der Waals surface area (Å²) in [5.41, 5.74) is 0.